The predicted octanol–water partition coefficient (Wildman–Crippen LogP) is 5.30. The highest BCUT2D eigenvalue weighted by Gasteiger charge is 2.16. The van der Waals surface area contributed by atoms with Crippen molar-refractivity contribution in [2.75, 3.05) is 12.4 Å². The number of nitriles is 1. The number of ether oxygens (including phenoxy) is 1. The van der Waals surface area contributed by atoms with Crippen LogP contribution in [0.5, 0.6) is 17.2 Å². The lowest BCUT2D eigenvalue weighted by Crippen LogP contribution is -2.37. The van der Waals surface area contributed by atoms with Gasteiger partial charge in [-0.1, -0.05) is 13.8 Å². The lowest BCUT2D eigenvalue weighted by molar-refractivity contribution is 0.217. The Balaban J connectivity index is 2.24. The van der Waals surface area contributed by atoms with Gasteiger partial charge in [-0.15, -0.1) is 0 Å². The maximum absolute atomic E-state index is 12.3. The van der Waals surface area contributed by atoms with Crippen LogP contribution in [0.3, 0.4) is 0 Å². The molecule has 0 bridgehead atoms. The smallest absolute Gasteiger partial charge is 0.322 e. The summed E-state index contributed by atoms with van der Waals surface area (Å²) in [6.45, 7) is 9.50. The number of carbonyl (C=O) groups excluding carboxylic acids is 1. The Morgan fingerprint density at radius 1 is 1.18 bits per heavy atom. The molecule has 2 aromatic carbocycles. The molecule has 2 N–H and O–H groups in total. The summed E-state index contributed by atoms with van der Waals surface area (Å²) in [4.78, 5) is 13.6. The molecule has 0 aliphatic rings. The zero-order valence-corrected chi connectivity index (χ0v) is 17.2. The third kappa shape index (κ3) is 4.74. The van der Waals surface area contributed by atoms with E-state index in [2.05, 4.69) is 5.32 Å². The molecule has 2 rings (SSSR count). The van der Waals surface area contributed by atoms with Gasteiger partial charge in [-0.25, -0.2) is 4.79 Å². The van der Waals surface area contributed by atoms with Crippen LogP contribution in [0, 0.1) is 25.2 Å². The van der Waals surface area contributed by atoms with Gasteiger partial charge in [0.05, 0.1) is 6.07 Å². The summed E-state index contributed by atoms with van der Waals surface area (Å²) in [5.41, 5.74) is 3.19. The van der Waals surface area contributed by atoms with Gasteiger partial charge < -0.3 is 20.1 Å². The van der Waals surface area contributed by atoms with Crippen molar-refractivity contribution in [3.63, 3.8) is 0 Å². The summed E-state index contributed by atoms with van der Waals surface area (Å²) in [6, 6.07) is 10.0. The van der Waals surface area contributed by atoms with E-state index in [-0.39, 0.29) is 17.7 Å². The molecule has 0 fully saturated rings. The van der Waals surface area contributed by atoms with Gasteiger partial charge in [0.2, 0.25) is 0 Å². The molecule has 6 heteroatoms. The number of hydrogen-bond acceptors (Lipinski definition) is 4. The van der Waals surface area contributed by atoms with Crippen LogP contribution in [0.25, 0.3) is 0 Å². The molecule has 0 aliphatic heterocycles. The topological polar surface area (TPSA) is 85.6 Å². The molecule has 2 aromatic rings. The normalized spacial score (nSPS) is 11.6. The second-order valence-electron chi connectivity index (χ2n) is 7.26. The number of phenols is 1. The average molecular weight is 381 g/mol. The molecule has 0 saturated carbocycles. The summed E-state index contributed by atoms with van der Waals surface area (Å²) in [7, 11) is 1.58. The van der Waals surface area contributed by atoms with Crippen molar-refractivity contribution in [1.82, 2.24) is 4.90 Å². The standard InChI is InChI=1S/C22H27N3O3/c1-13(2)19-11-18(7-8-20(19)26)28-21-14(3)9-17(10-15(21)4)24-22(27)25(6)16(5)12-23/h7-11,13,16,26H,1-6H3,(H,24,27). The van der Waals surface area contributed by atoms with E-state index >= 15 is 0 Å². The number of aryl methyl sites for hydroxylation is 2. The lowest BCUT2D eigenvalue weighted by atomic mass is 10.0. The molecule has 1 atom stereocenters. The maximum Gasteiger partial charge on any atom is 0.322 e. The van der Waals surface area contributed by atoms with Gasteiger partial charge in [0, 0.05) is 18.3 Å². The van der Waals surface area contributed by atoms with E-state index in [1.54, 1.807) is 26.1 Å². The number of nitrogens with zero attached hydrogens (tertiary/aromatic N) is 2. The van der Waals surface area contributed by atoms with Crippen molar-refractivity contribution in [2.45, 2.75) is 46.6 Å². The molecule has 28 heavy (non-hydrogen) atoms. The Kier molecular flexibility index (Phi) is 6.53. The van der Waals surface area contributed by atoms with Crippen molar-refractivity contribution < 1.29 is 14.6 Å². The Morgan fingerprint density at radius 2 is 1.79 bits per heavy atom. The number of nitrogens with one attached hydrogen (secondary N) is 1. The summed E-state index contributed by atoms with van der Waals surface area (Å²) in [5.74, 6) is 1.78. The molecule has 0 aliphatic carbocycles. The van der Waals surface area contributed by atoms with E-state index in [0.717, 1.165) is 16.7 Å². The Bertz CT molecular complexity index is 893. The monoisotopic (exact) mass is 381 g/mol. The average Bonchev–Trinajstić information content (AvgIpc) is 2.64. The highest BCUT2D eigenvalue weighted by molar-refractivity contribution is 5.90. The van der Waals surface area contributed by atoms with Crippen LogP contribution in [0.4, 0.5) is 10.5 Å². The van der Waals surface area contributed by atoms with Gasteiger partial charge in [0.1, 0.15) is 23.3 Å². The SMILES string of the molecule is Cc1cc(NC(=O)N(C)C(C)C#N)cc(C)c1Oc1ccc(O)c(C(C)C)c1. The van der Waals surface area contributed by atoms with Crippen LogP contribution in [0.2, 0.25) is 0 Å². The highest BCUT2D eigenvalue weighted by atomic mass is 16.5. The number of urea groups is 1. The zero-order valence-electron chi connectivity index (χ0n) is 17.2. The molecule has 148 valence electrons. The third-order valence-electron chi connectivity index (χ3n) is 4.64. The van der Waals surface area contributed by atoms with E-state index < -0.39 is 6.04 Å². The fourth-order valence-corrected chi connectivity index (χ4v) is 2.83. The first kappa shape index (κ1) is 21.1. The molecule has 1 unspecified atom stereocenters. The van der Waals surface area contributed by atoms with E-state index in [0.29, 0.717) is 17.2 Å². The van der Waals surface area contributed by atoms with Gasteiger partial charge >= 0.3 is 6.03 Å². The van der Waals surface area contributed by atoms with Crippen molar-refractivity contribution >= 4 is 11.7 Å². The fourth-order valence-electron chi connectivity index (χ4n) is 2.83. The predicted molar refractivity (Wildman–Crippen MR) is 110 cm³/mol. The van der Waals surface area contributed by atoms with E-state index in [1.807, 2.05) is 52.0 Å². The van der Waals surface area contributed by atoms with Crippen LogP contribution in [-0.2, 0) is 0 Å². The molecule has 0 spiro atoms. The van der Waals surface area contributed by atoms with E-state index in [9.17, 15) is 9.90 Å². The van der Waals surface area contributed by atoms with Crippen molar-refractivity contribution in [3.8, 4) is 23.3 Å². The molecule has 0 saturated heterocycles. The van der Waals surface area contributed by atoms with Gasteiger partial charge in [0.15, 0.2) is 0 Å². The molecule has 0 aromatic heterocycles. The fraction of sp³-hybridized carbons (Fsp3) is 0.364. The Labute approximate surface area is 166 Å². The summed E-state index contributed by atoms with van der Waals surface area (Å²) in [5, 5.41) is 21.7. The van der Waals surface area contributed by atoms with Crippen LogP contribution < -0.4 is 10.1 Å². The molecular formula is C22H27N3O3. The molecular weight excluding hydrogens is 354 g/mol. The molecule has 0 radical (unpaired) electrons. The van der Waals surface area contributed by atoms with Crippen LogP contribution >= 0.6 is 0 Å². The highest BCUT2D eigenvalue weighted by Crippen LogP contribution is 2.35. The number of anilines is 1. The first-order chi connectivity index (χ1) is 13.1. The minimum absolute atomic E-state index is 0.177. The van der Waals surface area contributed by atoms with Gasteiger partial charge in [-0.05, 0) is 68.1 Å². The first-order valence-electron chi connectivity index (χ1n) is 9.19. The maximum atomic E-state index is 12.3. The molecule has 0 heterocycles. The van der Waals surface area contributed by atoms with Crippen molar-refractivity contribution in [2.24, 2.45) is 0 Å². The number of hydrogen-bond donors (Lipinski definition) is 2. The summed E-state index contributed by atoms with van der Waals surface area (Å²) in [6.07, 6.45) is 0. The van der Waals surface area contributed by atoms with Gasteiger partial charge in [-0.3, -0.25) is 0 Å². The zero-order chi connectivity index (χ0) is 21.0. The van der Waals surface area contributed by atoms with E-state index in [4.69, 9.17) is 10.00 Å². The molecule has 2 amide bonds. The molecule has 6 nitrogen and oxygen atoms in total. The Morgan fingerprint density at radius 3 is 2.32 bits per heavy atom. The first-order valence-corrected chi connectivity index (χ1v) is 9.19. The summed E-state index contributed by atoms with van der Waals surface area (Å²) < 4.78 is 6.07. The van der Waals surface area contributed by atoms with E-state index in [1.165, 1.54) is 4.90 Å². The minimum atomic E-state index is -0.519. The third-order valence-corrected chi connectivity index (χ3v) is 4.64. The van der Waals surface area contributed by atoms with Crippen molar-refractivity contribution in [3.05, 3.63) is 47.0 Å². The number of phenolic OH excluding ortho intramolecular Hbond substituents is 1. The van der Waals surface area contributed by atoms with Gasteiger partial charge in [-0.2, -0.15) is 5.26 Å². The van der Waals surface area contributed by atoms with Crippen LogP contribution in [-0.4, -0.2) is 29.1 Å². The quantitative estimate of drug-likeness (QED) is 0.736. The number of benzene rings is 2. The van der Waals surface area contributed by atoms with Crippen LogP contribution in [0.15, 0.2) is 30.3 Å². The van der Waals surface area contributed by atoms with Crippen LogP contribution in [0.1, 0.15) is 43.4 Å². The number of carbonyl (C=O) groups is 1. The van der Waals surface area contributed by atoms with Gasteiger partial charge in [0.25, 0.3) is 0 Å². The van der Waals surface area contributed by atoms with Crippen molar-refractivity contribution in [1.29, 1.82) is 5.26 Å². The second-order valence-corrected chi connectivity index (χ2v) is 7.26. The number of amides is 2. The number of rotatable bonds is 5. The summed E-state index contributed by atoms with van der Waals surface area (Å²) >= 11 is 0. The number of aromatic hydroxyl groups is 1. The minimum Gasteiger partial charge on any atom is -0.508 e. The second kappa shape index (κ2) is 8.66. The largest absolute Gasteiger partial charge is 0.508 e. The lowest BCUT2D eigenvalue weighted by Gasteiger charge is -2.21. The Hall–Kier alpha value is -3.20.